The number of aliphatic imine (C=N–C) groups is 2. The first kappa shape index (κ1) is 22.5. The molecule has 2 atom stereocenters. The van der Waals surface area contributed by atoms with Gasteiger partial charge in [-0.2, -0.15) is 0 Å². The molecule has 5 nitrogen and oxygen atoms in total. The normalized spacial score (nSPS) is 22.4. The van der Waals surface area contributed by atoms with Crippen molar-refractivity contribution in [1.29, 1.82) is 0 Å². The van der Waals surface area contributed by atoms with Gasteiger partial charge < -0.3 is 9.47 Å². The van der Waals surface area contributed by atoms with Gasteiger partial charge in [-0.15, -0.1) is 0 Å². The van der Waals surface area contributed by atoms with Gasteiger partial charge in [0.05, 0.1) is 12.1 Å². The molecule has 0 bridgehead atoms. The van der Waals surface area contributed by atoms with Gasteiger partial charge in [0.15, 0.2) is 0 Å². The second-order valence-electron chi connectivity index (χ2n) is 8.71. The van der Waals surface area contributed by atoms with Crippen LogP contribution < -0.4 is 0 Å². The molecule has 0 aromatic carbocycles. The molecule has 1 aromatic rings. The number of halogens is 2. The quantitative estimate of drug-likeness (QED) is 0.599. The first-order valence-corrected chi connectivity index (χ1v) is 11.8. The van der Waals surface area contributed by atoms with Crippen LogP contribution in [0.5, 0.6) is 0 Å². The van der Waals surface area contributed by atoms with Crippen LogP contribution in [0.4, 0.5) is 0 Å². The zero-order chi connectivity index (χ0) is 20.2. The average Bonchev–Trinajstić information content (AvgIpc) is 3.25. The summed E-state index contributed by atoms with van der Waals surface area (Å²) in [4.78, 5) is 14.1. The van der Waals surface area contributed by atoms with Gasteiger partial charge in [0, 0.05) is 0 Å². The van der Waals surface area contributed by atoms with Crippen molar-refractivity contribution >= 4 is 32.0 Å². The van der Waals surface area contributed by atoms with Crippen molar-refractivity contribution in [3.05, 3.63) is 29.6 Å². The fourth-order valence-corrected chi connectivity index (χ4v) is 2.59. The van der Waals surface area contributed by atoms with E-state index in [9.17, 15) is 0 Å². The average molecular weight is 456 g/mol. The second kappa shape index (κ2) is 9.13. The second-order valence-corrected chi connectivity index (χ2v) is 10.5. The van der Waals surface area contributed by atoms with E-state index in [0.717, 1.165) is 11.4 Å². The summed E-state index contributed by atoms with van der Waals surface area (Å²) in [6.07, 6.45) is 0. The molecule has 2 aliphatic heterocycles. The molecule has 3 heterocycles. The number of nitrogens with zero attached hydrogens (tertiary/aromatic N) is 3. The minimum absolute atomic E-state index is 0.0813. The first-order valence-electron chi connectivity index (χ1n) is 8.80. The van der Waals surface area contributed by atoms with E-state index in [0.29, 0.717) is 25.0 Å². The van der Waals surface area contributed by atoms with E-state index in [2.05, 4.69) is 46.5 Å². The Hall–Kier alpha value is -0.811. The van der Waals surface area contributed by atoms with Crippen molar-refractivity contribution < 1.29 is 22.6 Å². The van der Waals surface area contributed by atoms with Gasteiger partial charge in [-0.05, 0) is 23.0 Å². The summed E-state index contributed by atoms with van der Waals surface area (Å²) >= 11 is 0.194. The van der Waals surface area contributed by atoms with Crippen LogP contribution in [-0.4, -0.2) is 42.1 Å². The molecule has 0 spiro atoms. The van der Waals surface area contributed by atoms with Gasteiger partial charge in [-0.3, -0.25) is 0 Å². The van der Waals surface area contributed by atoms with Crippen LogP contribution in [0.3, 0.4) is 0 Å². The van der Waals surface area contributed by atoms with Crippen LogP contribution in [0.25, 0.3) is 0 Å². The Kier molecular flexibility index (Phi) is 7.60. The summed E-state index contributed by atoms with van der Waals surface area (Å²) < 4.78 is 11.6. The topological polar surface area (TPSA) is 56.1 Å². The van der Waals surface area contributed by atoms with Crippen LogP contribution in [0.15, 0.2) is 28.2 Å². The summed E-state index contributed by atoms with van der Waals surface area (Å²) in [5.74, 6) is 1.23. The fraction of sp³-hybridized carbons (Fsp3) is 0.632. The molecule has 0 unspecified atom stereocenters. The Balaban J connectivity index is 0.000000817. The van der Waals surface area contributed by atoms with E-state index in [1.807, 2.05) is 18.2 Å². The molecule has 0 aliphatic carbocycles. The third kappa shape index (κ3) is 6.08. The summed E-state index contributed by atoms with van der Waals surface area (Å²) in [6.45, 7) is 14.2. The number of rotatable bonds is 2. The molecule has 1 aromatic heterocycles. The molecule has 0 saturated heterocycles. The van der Waals surface area contributed by atoms with Gasteiger partial charge in [-0.25, -0.2) is 15.0 Å². The Morgan fingerprint density at radius 2 is 1.22 bits per heavy atom. The molecule has 0 radical (unpaired) electrons. The van der Waals surface area contributed by atoms with Crippen LogP contribution in [0, 0.1) is 10.8 Å². The number of ether oxygens (including phenoxy) is 2. The van der Waals surface area contributed by atoms with Gasteiger partial charge >= 0.3 is 33.3 Å². The minimum atomic E-state index is 0.0813. The first-order chi connectivity index (χ1) is 12.6. The standard InChI is InChI=1S/C19H27N3O2.2ClH.Fe/c1-18(2,3)14-10-23-16(21-14)12-8-7-9-13(20-12)17-22-15(11-24-17)19(4,5)6;;;/h7-9,14-15H,10-11H2,1-6H3;2*1H;/q;;;+2/p-2/t14-,15-;;;/m1.../s1. The predicted molar refractivity (Wildman–Crippen MR) is 107 cm³/mol. The van der Waals surface area contributed by atoms with Crippen molar-refractivity contribution in [2.24, 2.45) is 20.8 Å². The van der Waals surface area contributed by atoms with E-state index in [-0.39, 0.29) is 36.0 Å². The Labute approximate surface area is 176 Å². The van der Waals surface area contributed by atoms with Gasteiger partial charge in [-0.1, -0.05) is 47.6 Å². The number of pyridine rings is 1. The SMILES string of the molecule is CC(C)(C)[C@H]1COC(c2cccc(C3=N[C@@H](C(C)(C)C)CO3)n2)=N1.[Cl][Fe][Cl]. The monoisotopic (exact) mass is 455 g/mol. The van der Waals surface area contributed by atoms with Crippen molar-refractivity contribution in [3.63, 3.8) is 0 Å². The molecule has 0 fully saturated rings. The van der Waals surface area contributed by atoms with Crippen LogP contribution in [0.1, 0.15) is 52.9 Å². The van der Waals surface area contributed by atoms with E-state index >= 15 is 0 Å². The summed E-state index contributed by atoms with van der Waals surface area (Å²) in [5.41, 5.74) is 1.64. The summed E-state index contributed by atoms with van der Waals surface area (Å²) in [7, 11) is 9.53. The van der Waals surface area contributed by atoms with Crippen LogP contribution >= 0.6 is 20.2 Å². The summed E-state index contributed by atoms with van der Waals surface area (Å²) in [5, 5.41) is 0. The molecule has 8 heteroatoms. The number of hydrogen-bond acceptors (Lipinski definition) is 5. The Bertz CT molecular complexity index is 656. The van der Waals surface area contributed by atoms with E-state index in [1.54, 1.807) is 0 Å². The molecule has 0 saturated carbocycles. The maximum absolute atomic E-state index is 5.78. The third-order valence-corrected chi connectivity index (χ3v) is 4.49. The molecule has 152 valence electrons. The zero-order valence-corrected chi connectivity index (χ0v) is 19.2. The predicted octanol–water partition coefficient (Wildman–Crippen LogP) is 4.84. The molecule has 2 aliphatic rings. The fourth-order valence-electron chi connectivity index (χ4n) is 2.59. The van der Waals surface area contributed by atoms with Crippen LogP contribution in [0.2, 0.25) is 0 Å². The number of aromatic nitrogens is 1. The van der Waals surface area contributed by atoms with E-state index < -0.39 is 0 Å². The van der Waals surface area contributed by atoms with Crippen molar-refractivity contribution in [1.82, 2.24) is 4.98 Å². The van der Waals surface area contributed by atoms with E-state index in [4.69, 9.17) is 39.7 Å². The third-order valence-electron chi connectivity index (χ3n) is 4.49. The number of hydrogen-bond donors (Lipinski definition) is 0. The molecule has 3 rings (SSSR count). The molecule has 0 N–H and O–H groups in total. The van der Waals surface area contributed by atoms with Gasteiger partial charge in [0.1, 0.15) is 24.6 Å². The Morgan fingerprint density at radius 3 is 1.52 bits per heavy atom. The molecule has 0 amide bonds. The Morgan fingerprint density at radius 1 is 0.852 bits per heavy atom. The van der Waals surface area contributed by atoms with E-state index in [1.165, 1.54) is 0 Å². The molecule has 27 heavy (non-hydrogen) atoms. The summed E-state index contributed by atoms with van der Waals surface area (Å²) in [6, 6.07) is 6.10. The van der Waals surface area contributed by atoms with Crippen molar-refractivity contribution in [2.45, 2.75) is 53.6 Å². The molecular formula is C19H27Cl2FeN3O2. The molecular weight excluding hydrogens is 429 g/mol. The van der Waals surface area contributed by atoms with Crippen molar-refractivity contribution in [2.75, 3.05) is 13.2 Å². The van der Waals surface area contributed by atoms with Crippen molar-refractivity contribution in [3.8, 4) is 0 Å². The van der Waals surface area contributed by atoms with Crippen LogP contribution in [-0.2, 0) is 22.6 Å². The van der Waals surface area contributed by atoms with Gasteiger partial charge in [0.25, 0.3) is 0 Å². The maximum atomic E-state index is 5.78. The van der Waals surface area contributed by atoms with Gasteiger partial charge in [0.2, 0.25) is 11.8 Å². The zero-order valence-electron chi connectivity index (χ0n) is 16.6.